The van der Waals surface area contributed by atoms with Gasteiger partial charge in [0.1, 0.15) is 9.08 Å². The topological polar surface area (TPSA) is 72.7 Å². The molecule has 0 saturated carbocycles. The molecule has 6 nitrogen and oxygen atoms in total. The number of rotatable bonds is 3. The van der Waals surface area contributed by atoms with E-state index in [4.69, 9.17) is 0 Å². The maximum atomic E-state index is 12.6. The number of nitrogens with one attached hydrogen (secondary N) is 1. The molecule has 8 heteroatoms. The van der Waals surface area contributed by atoms with Crippen LogP contribution in [-0.2, 0) is 0 Å². The molecule has 0 saturated heterocycles. The average Bonchev–Trinajstić information content (AvgIpc) is 2.83. The Balaban J connectivity index is 2.90. The van der Waals surface area contributed by atoms with Gasteiger partial charge in [0, 0.05) is 11.7 Å². The standard InChI is InChI=1S/C12H14Br2N4O2/c1-4-6(2)17-11(19)8(13)7(3)18(12(17)20)10-9(14)15-5-16-10/h5-6H,4H2,1-3H3,(H,15,16). The van der Waals surface area contributed by atoms with E-state index < -0.39 is 5.69 Å². The van der Waals surface area contributed by atoms with E-state index in [9.17, 15) is 9.59 Å². The van der Waals surface area contributed by atoms with E-state index in [0.717, 1.165) is 0 Å². The van der Waals surface area contributed by atoms with Crippen LogP contribution in [0.3, 0.4) is 0 Å². The van der Waals surface area contributed by atoms with Crippen molar-refractivity contribution in [2.45, 2.75) is 33.2 Å². The summed E-state index contributed by atoms with van der Waals surface area (Å²) in [4.78, 5) is 31.9. The Bertz CT molecular complexity index is 760. The second kappa shape index (κ2) is 5.69. The van der Waals surface area contributed by atoms with E-state index in [1.54, 1.807) is 6.92 Å². The number of aromatic amines is 1. The second-order valence-corrected chi connectivity index (χ2v) is 6.08. The lowest BCUT2D eigenvalue weighted by Crippen LogP contribution is -2.42. The maximum Gasteiger partial charge on any atom is 0.337 e. The van der Waals surface area contributed by atoms with E-state index in [0.29, 0.717) is 27.0 Å². The second-order valence-electron chi connectivity index (χ2n) is 4.49. The molecule has 0 aliphatic rings. The third-order valence-electron chi connectivity index (χ3n) is 3.27. The molecular weight excluding hydrogens is 392 g/mol. The molecule has 1 atom stereocenters. The molecule has 2 aromatic heterocycles. The fourth-order valence-corrected chi connectivity index (χ4v) is 2.70. The van der Waals surface area contributed by atoms with Crippen LogP contribution in [0.1, 0.15) is 32.0 Å². The molecule has 0 spiro atoms. The van der Waals surface area contributed by atoms with Crippen molar-refractivity contribution in [1.82, 2.24) is 19.1 Å². The minimum Gasteiger partial charge on any atom is -0.337 e. The number of H-pyrrole nitrogens is 1. The number of imidazole rings is 1. The van der Waals surface area contributed by atoms with Crippen LogP contribution in [0.25, 0.3) is 5.82 Å². The molecule has 0 amide bonds. The Hall–Kier alpha value is -1.15. The third kappa shape index (κ3) is 2.31. The number of aromatic nitrogens is 4. The number of hydrogen-bond acceptors (Lipinski definition) is 3. The lowest BCUT2D eigenvalue weighted by Gasteiger charge is -2.17. The van der Waals surface area contributed by atoms with Crippen molar-refractivity contribution in [3.8, 4) is 5.82 Å². The molecule has 0 aliphatic heterocycles. The molecule has 2 heterocycles. The fourth-order valence-electron chi connectivity index (χ4n) is 1.94. The summed E-state index contributed by atoms with van der Waals surface area (Å²) in [6.45, 7) is 5.47. The van der Waals surface area contributed by atoms with E-state index in [1.165, 1.54) is 15.5 Å². The van der Waals surface area contributed by atoms with Gasteiger partial charge in [-0.1, -0.05) is 6.92 Å². The highest BCUT2D eigenvalue weighted by Gasteiger charge is 2.20. The first kappa shape index (κ1) is 15.2. The zero-order valence-corrected chi connectivity index (χ0v) is 14.4. The van der Waals surface area contributed by atoms with Crippen molar-refractivity contribution in [2.75, 3.05) is 0 Å². The summed E-state index contributed by atoms with van der Waals surface area (Å²) in [6, 6.07) is -0.184. The van der Waals surface area contributed by atoms with Gasteiger partial charge >= 0.3 is 5.69 Å². The summed E-state index contributed by atoms with van der Waals surface area (Å²) >= 11 is 6.59. The summed E-state index contributed by atoms with van der Waals surface area (Å²) in [6.07, 6.45) is 2.17. The van der Waals surface area contributed by atoms with Crippen molar-refractivity contribution < 1.29 is 0 Å². The van der Waals surface area contributed by atoms with E-state index in [1.807, 2.05) is 13.8 Å². The maximum absolute atomic E-state index is 12.6. The smallest absolute Gasteiger partial charge is 0.337 e. The molecule has 0 radical (unpaired) electrons. The fraction of sp³-hybridized carbons (Fsp3) is 0.417. The molecular formula is C12H14Br2N4O2. The number of halogens is 2. The van der Waals surface area contributed by atoms with E-state index in [2.05, 4.69) is 41.8 Å². The van der Waals surface area contributed by atoms with Crippen LogP contribution in [0, 0.1) is 6.92 Å². The number of nitrogens with zero attached hydrogens (tertiary/aromatic N) is 3. The van der Waals surface area contributed by atoms with Crippen molar-refractivity contribution in [1.29, 1.82) is 0 Å². The minimum atomic E-state index is -0.391. The highest BCUT2D eigenvalue weighted by atomic mass is 79.9. The normalized spacial score (nSPS) is 12.7. The van der Waals surface area contributed by atoms with Crippen molar-refractivity contribution in [3.05, 3.63) is 41.9 Å². The van der Waals surface area contributed by atoms with Gasteiger partial charge in [0.2, 0.25) is 0 Å². The van der Waals surface area contributed by atoms with Gasteiger partial charge < -0.3 is 4.98 Å². The van der Waals surface area contributed by atoms with Crippen LogP contribution in [0.15, 0.2) is 25.0 Å². The van der Waals surface area contributed by atoms with E-state index in [-0.39, 0.29) is 11.6 Å². The predicted molar refractivity (Wildman–Crippen MR) is 83.6 cm³/mol. The van der Waals surface area contributed by atoms with Gasteiger partial charge in [-0.05, 0) is 52.1 Å². The lowest BCUT2D eigenvalue weighted by molar-refractivity contribution is 0.475. The summed E-state index contributed by atoms with van der Waals surface area (Å²) in [7, 11) is 0. The molecule has 2 aromatic rings. The highest BCUT2D eigenvalue weighted by molar-refractivity contribution is 9.10. The Morgan fingerprint density at radius 1 is 1.40 bits per heavy atom. The zero-order valence-electron chi connectivity index (χ0n) is 11.3. The van der Waals surface area contributed by atoms with Gasteiger partial charge in [-0.25, -0.2) is 14.3 Å². The van der Waals surface area contributed by atoms with Crippen molar-refractivity contribution in [3.63, 3.8) is 0 Å². The van der Waals surface area contributed by atoms with Crippen molar-refractivity contribution in [2.24, 2.45) is 0 Å². The summed E-state index contributed by atoms with van der Waals surface area (Å²) in [5, 5.41) is 0. The molecule has 0 aromatic carbocycles. The summed E-state index contributed by atoms with van der Waals surface area (Å²) in [5.41, 5.74) is -0.185. The van der Waals surface area contributed by atoms with Crippen LogP contribution in [-0.4, -0.2) is 19.1 Å². The van der Waals surface area contributed by atoms with Gasteiger partial charge in [-0.15, -0.1) is 0 Å². The first-order chi connectivity index (χ1) is 9.40. The first-order valence-electron chi connectivity index (χ1n) is 6.13. The average molecular weight is 406 g/mol. The Kier molecular flexibility index (Phi) is 4.33. The van der Waals surface area contributed by atoms with Gasteiger partial charge in [0.25, 0.3) is 5.56 Å². The Labute approximate surface area is 132 Å². The summed E-state index contributed by atoms with van der Waals surface area (Å²) < 4.78 is 3.62. The van der Waals surface area contributed by atoms with Gasteiger partial charge in [-0.2, -0.15) is 0 Å². The Morgan fingerprint density at radius 3 is 2.55 bits per heavy atom. The van der Waals surface area contributed by atoms with Gasteiger partial charge in [-0.3, -0.25) is 9.36 Å². The minimum absolute atomic E-state index is 0.184. The molecule has 20 heavy (non-hydrogen) atoms. The molecule has 1 unspecified atom stereocenters. The SMILES string of the molecule is CCC(C)n1c(=O)c(Br)c(C)n(-c2nc[nH]c2Br)c1=O. The largest absolute Gasteiger partial charge is 0.337 e. The predicted octanol–water partition coefficient (Wildman–Crippen LogP) is 2.53. The zero-order chi connectivity index (χ0) is 15.0. The van der Waals surface area contributed by atoms with E-state index >= 15 is 0 Å². The molecule has 0 aliphatic carbocycles. The third-order valence-corrected chi connectivity index (χ3v) is 4.77. The quantitative estimate of drug-likeness (QED) is 0.852. The lowest BCUT2D eigenvalue weighted by atomic mass is 10.2. The van der Waals surface area contributed by atoms with Crippen LogP contribution in [0.4, 0.5) is 0 Å². The highest BCUT2D eigenvalue weighted by Crippen LogP contribution is 2.19. The Morgan fingerprint density at radius 2 is 2.05 bits per heavy atom. The molecule has 0 fully saturated rings. The van der Waals surface area contributed by atoms with Crippen molar-refractivity contribution >= 4 is 31.9 Å². The molecule has 108 valence electrons. The molecule has 2 rings (SSSR count). The number of hydrogen-bond donors (Lipinski definition) is 1. The first-order valence-corrected chi connectivity index (χ1v) is 7.71. The van der Waals surface area contributed by atoms with Gasteiger partial charge in [0.15, 0.2) is 5.82 Å². The molecule has 0 bridgehead atoms. The monoisotopic (exact) mass is 404 g/mol. The van der Waals surface area contributed by atoms with Crippen LogP contribution >= 0.6 is 31.9 Å². The van der Waals surface area contributed by atoms with Crippen LogP contribution in [0.5, 0.6) is 0 Å². The van der Waals surface area contributed by atoms with Crippen LogP contribution in [0.2, 0.25) is 0 Å². The van der Waals surface area contributed by atoms with Gasteiger partial charge in [0.05, 0.1) is 6.33 Å². The summed E-state index contributed by atoms with van der Waals surface area (Å²) in [5.74, 6) is 0.435. The van der Waals surface area contributed by atoms with Crippen LogP contribution < -0.4 is 11.2 Å². The molecule has 1 N–H and O–H groups in total.